The minimum absolute atomic E-state index is 0.210. The number of likely N-dealkylation sites (tertiary alicyclic amines) is 1. The average molecular weight is 268 g/mol. The molecule has 0 aromatic carbocycles. The van der Waals surface area contributed by atoms with Crippen LogP contribution in [0.25, 0.3) is 0 Å². The Kier molecular flexibility index (Phi) is 4.02. The molecule has 0 spiro atoms. The third-order valence-corrected chi connectivity index (χ3v) is 4.77. The Morgan fingerprint density at radius 2 is 2.50 bits per heavy atom. The van der Waals surface area contributed by atoms with Gasteiger partial charge >= 0.3 is 5.97 Å². The predicted molar refractivity (Wildman–Crippen MR) is 71.7 cm³/mol. The highest BCUT2D eigenvalue weighted by molar-refractivity contribution is 7.07. The summed E-state index contributed by atoms with van der Waals surface area (Å²) in [7, 11) is 0. The number of carboxylic acids is 1. The molecular formula is C13H20N2O2S. The van der Waals surface area contributed by atoms with Crippen LogP contribution in [0.3, 0.4) is 0 Å². The molecule has 1 aromatic rings. The lowest BCUT2D eigenvalue weighted by molar-refractivity contribution is -0.153. The van der Waals surface area contributed by atoms with Crippen molar-refractivity contribution in [1.82, 2.24) is 9.88 Å². The van der Waals surface area contributed by atoms with Gasteiger partial charge < -0.3 is 5.11 Å². The summed E-state index contributed by atoms with van der Waals surface area (Å²) < 4.78 is 0. The fourth-order valence-electron chi connectivity index (χ4n) is 2.73. The van der Waals surface area contributed by atoms with Crippen molar-refractivity contribution in [1.29, 1.82) is 0 Å². The second-order valence-electron chi connectivity index (χ2n) is 5.10. The number of piperidine rings is 1. The van der Waals surface area contributed by atoms with E-state index in [1.807, 2.05) is 17.8 Å². The molecular weight excluding hydrogens is 248 g/mol. The van der Waals surface area contributed by atoms with Crippen LogP contribution in [-0.4, -0.2) is 34.0 Å². The SMILES string of the molecule is CCC1(C(=O)O)CCCN(C(C)c2cscn2)C1. The monoisotopic (exact) mass is 268 g/mol. The Balaban J connectivity index is 2.13. The van der Waals surface area contributed by atoms with Crippen LogP contribution >= 0.6 is 11.3 Å². The molecule has 1 aromatic heterocycles. The average Bonchev–Trinajstić information content (AvgIpc) is 2.91. The van der Waals surface area contributed by atoms with E-state index in [4.69, 9.17) is 0 Å². The third kappa shape index (κ3) is 2.42. The zero-order chi connectivity index (χ0) is 13.2. The first-order valence-corrected chi connectivity index (χ1v) is 7.39. The molecule has 2 heterocycles. The largest absolute Gasteiger partial charge is 0.481 e. The highest BCUT2D eigenvalue weighted by Crippen LogP contribution is 2.37. The molecule has 0 aliphatic carbocycles. The molecule has 18 heavy (non-hydrogen) atoms. The van der Waals surface area contributed by atoms with Gasteiger partial charge in [0.2, 0.25) is 0 Å². The van der Waals surface area contributed by atoms with Gasteiger partial charge in [-0.15, -0.1) is 11.3 Å². The van der Waals surface area contributed by atoms with Gasteiger partial charge in [0.05, 0.1) is 22.7 Å². The van der Waals surface area contributed by atoms with Gasteiger partial charge in [-0.05, 0) is 32.7 Å². The van der Waals surface area contributed by atoms with E-state index in [9.17, 15) is 9.90 Å². The summed E-state index contributed by atoms with van der Waals surface area (Å²) in [6, 6.07) is 0.210. The lowest BCUT2D eigenvalue weighted by Crippen LogP contribution is -2.48. The van der Waals surface area contributed by atoms with Crippen LogP contribution in [0.4, 0.5) is 0 Å². The van der Waals surface area contributed by atoms with Gasteiger partial charge in [0.15, 0.2) is 0 Å². The third-order valence-electron chi connectivity index (χ3n) is 4.16. The van der Waals surface area contributed by atoms with E-state index in [2.05, 4.69) is 16.8 Å². The first kappa shape index (κ1) is 13.5. The lowest BCUT2D eigenvalue weighted by atomic mass is 9.77. The molecule has 0 radical (unpaired) electrons. The minimum atomic E-state index is -0.653. The molecule has 100 valence electrons. The minimum Gasteiger partial charge on any atom is -0.481 e. The maximum atomic E-state index is 11.5. The fourth-order valence-corrected chi connectivity index (χ4v) is 3.37. The van der Waals surface area contributed by atoms with Gasteiger partial charge in [-0.25, -0.2) is 4.98 Å². The van der Waals surface area contributed by atoms with Crippen molar-refractivity contribution < 1.29 is 9.90 Å². The maximum Gasteiger partial charge on any atom is 0.310 e. The van der Waals surface area contributed by atoms with E-state index in [0.29, 0.717) is 13.0 Å². The number of rotatable bonds is 4. The lowest BCUT2D eigenvalue weighted by Gasteiger charge is -2.41. The summed E-state index contributed by atoms with van der Waals surface area (Å²) in [4.78, 5) is 18.1. The van der Waals surface area contributed by atoms with Crippen molar-refractivity contribution in [3.63, 3.8) is 0 Å². The number of carbonyl (C=O) groups is 1. The second-order valence-corrected chi connectivity index (χ2v) is 5.82. The van der Waals surface area contributed by atoms with Crippen molar-refractivity contribution in [3.8, 4) is 0 Å². The molecule has 2 unspecified atom stereocenters. The van der Waals surface area contributed by atoms with E-state index >= 15 is 0 Å². The van der Waals surface area contributed by atoms with Crippen molar-refractivity contribution >= 4 is 17.3 Å². The van der Waals surface area contributed by atoms with E-state index < -0.39 is 11.4 Å². The van der Waals surface area contributed by atoms with Crippen LogP contribution in [0.5, 0.6) is 0 Å². The Morgan fingerprint density at radius 1 is 1.72 bits per heavy atom. The predicted octanol–water partition coefficient (Wildman–Crippen LogP) is 2.78. The Morgan fingerprint density at radius 3 is 3.06 bits per heavy atom. The molecule has 1 saturated heterocycles. The van der Waals surface area contributed by atoms with Crippen LogP contribution < -0.4 is 0 Å². The summed E-state index contributed by atoms with van der Waals surface area (Å²) >= 11 is 1.59. The number of aromatic nitrogens is 1. The van der Waals surface area contributed by atoms with Crippen LogP contribution in [0.15, 0.2) is 10.9 Å². The zero-order valence-corrected chi connectivity index (χ0v) is 11.7. The van der Waals surface area contributed by atoms with Gasteiger partial charge in [0, 0.05) is 11.9 Å². The van der Waals surface area contributed by atoms with Gasteiger partial charge in [-0.2, -0.15) is 0 Å². The Hall–Kier alpha value is -0.940. The quantitative estimate of drug-likeness (QED) is 0.912. The van der Waals surface area contributed by atoms with Crippen LogP contribution in [0.2, 0.25) is 0 Å². The number of hydrogen-bond donors (Lipinski definition) is 1. The molecule has 5 heteroatoms. The van der Waals surface area contributed by atoms with Crippen molar-refractivity contribution in [2.45, 2.75) is 39.2 Å². The molecule has 1 aliphatic heterocycles. The summed E-state index contributed by atoms with van der Waals surface area (Å²) in [6.45, 7) is 5.69. The smallest absolute Gasteiger partial charge is 0.310 e. The molecule has 1 fully saturated rings. The van der Waals surface area contributed by atoms with Gasteiger partial charge in [-0.3, -0.25) is 9.69 Å². The second kappa shape index (κ2) is 5.36. The highest BCUT2D eigenvalue weighted by atomic mass is 32.1. The van der Waals surface area contributed by atoms with E-state index in [1.165, 1.54) is 0 Å². The molecule has 2 rings (SSSR count). The number of thiazole rings is 1. The number of nitrogens with zero attached hydrogens (tertiary/aromatic N) is 2. The van der Waals surface area contributed by atoms with Crippen LogP contribution in [0.1, 0.15) is 44.8 Å². The molecule has 1 N–H and O–H groups in total. The summed E-state index contributed by atoms with van der Waals surface area (Å²) in [5, 5.41) is 11.5. The van der Waals surface area contributed by atoms with E-state index in [-0.39, 0.29) is 6.04 Å². The van der Waals surface area contributed by atoms with Crippen molar-refractivity contribution in [2.24, 2.45) is 5.41 Å². The molecule has 0 bridgehead atoms. The maximum absolute atomic E-state index is 11.5. The normalized spacial score (nSPS) is 27.0. The zero-order valence-electron chi connectivity index (χ0n) is 10.9. The fraction of sp³-hybridized carbons (Fsp3) is 0.692. The number of aliphatic carboxylic acids is 1. The standard InChI is InChI=1S/C13H20N2O2S/c1-3-13(12(16)17)5-4-6-15(8-13)10(2)11-7-18-9-14-11/h7,9-10H,3-6,8H2,1-2H3,(H,16,17). The number of carboxylic acid groups (broad SMARTS) is 1. The molecule has 1 aliphatic rings. The Labute approximate surface area is 112 Å². The molecule has 2 atom stereocenters. The summed E-state index contributed by atoms with van der Waals surface area (Å²) in [6.07, 6.45) is 2.44. The Bertz CT molecular complexity index is 407. The molecule has 4 nitrogen and oxygen atoms in total. The molecule has 0 saturated carbocycles. The van der Waals surface area contributed by atoms with Crippen molar-refractivity contribution in [2.75, 3.05) is 13.1 Å². The highest BCUT2D eigenvalue weighted by Gasteiger charge is 2.42. The van der Waals surface area contributed by atoms with Crippen LogP contribution in [-0.2, 0) is 4.79 Å². The summed E-state index contributed by atoms with van der Waals surface area (Å²) in [5.41, 5.74) is 2.32. The van der Waals surface area contributed by atoms with E-state index in [1.54, 1.807) is 11.3 Å². The van der Waals surface area contributed by atoms with Crippen molar-refractivity contribution in [3.05, 3.63) is 16.6 Å². The van der Waals surface area contributed by atoms with E-state index in [0.717, 1.165) is 25.1 Å². The first-order valence-electron chi connectivity index (χ1n) is 6.44. The summed E-state index contributed by atoms with van der Waals surface area (Å²) in [5.74, 6) is -0.653. The van der Waals surface area contributed by atoms with Gasteiger partial charge in [0.25, 0.3) is 0 Å². The van der Waals surface area contributed by atoms with Gasteiger partial charge in [-0.1, -0.05) is 6.92 Å². The van der Waals surface area contributed by atoms with Crippen LogP contribution in [0, 0.1) is 5.41 Å². The first-order chi connectivity index (χ1) is 8.59. The molecule has 0 amide bonds. The topological polar surface area (TPSA) is 53.4 Å². The van der Waals surface area contributed by atoms with Gasteiger partial charge in [0.1, 0.15) is 0 Å². The number of hydrogen-bond acceptors (Lipinski definition) is 4.